The normalized spacial score (nSPS) is 19.6. The van der Waals surface area contributed by atoms with E-state index in [1.807, 2.05) is 36.4 Å². The Kier molecular flexibility index (Phi) is 6.81. The third-order valence-corrected chi connectivity index (χ3v) is 6.43. The van der Waals surface area contributed by atoms with Gasteiger partial charge in [0.1, 0.15) is 12.5 Å². The van der Waals surface area contributed by atoms with Gasteiger partial charge in [-0.2, -0.15) is 0 Å². The van der Waals surface area contributed by atoms with E-state index in [4.69, 9.17) is 9.84 Å². The SMILES string of the molecule is O=C(CCCCNC(=O)OCC1c2ccccc2-c2ccccc21)NC[C@H]1[C@@H](C(=O)O)C1(F)F. The predicted molar refractivity (Wildman–Crippen MR) is 119 cm³/mol. The summed E-state index contributed by atoms with van der Waals surface area (Å²) in [5, 5.41) is 13.7. The summed E-state index contributed by atoms with van der Waals surface area (Å²) in [5.41, 5.74) is 4.55. The lowest BCUT2D eigenvalue weighted by Gasteiger charge is -2.14. The monoisotopic (exact) mass is 472 g/mol. The molecule has 2 atom stereocenters. The summed E-state index contributed by atoms with van der Waals surface area (Å²) in [5.74, 6) is -8.36. The number of benzene rings is 2. The molecule has 4 rings (SSSR count). The van der Waals surface area contributed by atoms with Crippen molar-refractivity contribution in [1.29, 1.82) is 0 Å². The predicted octanol–water partition coefficient (Wildman–Crippen LogP) is 3.78. The molecule has 1 fully saturated rings. The summed E-state index contributed by atoms with van der Waals surface area (Å²) in [6, 6.07) is 16.1. The molecule has 9 heteroatoms. The number of carboxylic acids is 1. The van der Waals surface area contributed by atoms with Gasteiger partial charge in [0.15, 0.2) is 0 Å². The molecule has 3 N–H and O–H groups in total. The number of rotatable bonds is 10. The van der Waals surface area contributed by atoms with Gasteiger partial charge < -0.3 is 20.5 Å². The van der Waals surface area contributed by atoms with Gasteiger partial charge in [-0.1, -0.05) is 48.5 Å². The number of hydrogen-bond acceptors (Lipinski definition) is 4. The van der Waals surface area contributed by atoms with Crippen LogP contribution in [0.15, 0.2) is 48.5 Å². The van der Waals surface area contributed by atoms with Crippen molar-refractivity contribution in [3.8, 4) is 11.1 Å². The lowest BCUT2D eigenvalue weighted by atomic mass is 9.98. The van der Waals surface area contributed by atoms with Crippen LogP contribution in [0.3, 0.4) is 0 Å². The zero-order valence-electron chi connectivity index (χ0n) is 18.4. The highest BCUT2D eigenvalue weighted by molar-refractivity contribution is 5.79. The van der Waals surface area contributed by atoms with Crippen LogP contribution in [-0.4, -0.2) is 48.7 Å². The van der Waals surface area contributed by atoms with Gasteiger partial charge in [-0.05, 0) is 35.1 Å². The fraction of sp³-hybridized carbons (Fsp3) is 0.400. The Balaban J connectivity index is 1.12. The first kappa shape index (κ1) is 23.7. The van der Waals surface area contributed by atoms with E-state index in [9.17, 15) is 23.2 Å². The average Bonchev–Trinajstić information content (AvgIpc) is 3.23. The topological polar surface area (TPSA) is 105 Å². The zero-order valence-corrected chi connectivity index (χ0v) is 18.4. The van der Waals surface area contributed by atoms with Gasteiger partial charge >= 0.3 is 12.1 Å². The van der Waals surface area contributed by atoms with Gasteiger partial charge in [0.05, 0.1) is 5.92 Å². The first-order valence-electron chi connectivity index (χ1n) is 11.3. The molecule has 2 aromatic rings. The molecule has 2 aliphatic rings. The minimum atomic E-state index is -3.27. The van der Waals surface area contributed by atoms with Gasteiger partial charge in [-0.15, -0.1) is 0 Å². The van der Waals surface area contributed by atoms with Crippen LogP contribution in [0.25, 0.3) is 11.1 Å². The maximum Gasteiger partial charge on any atom is 0.407 e. The molecule has 2 amide bonds. The summed E-state index contributed by atoms with van der Waals surface area (Å²) in [6.07, 6.45) is 0.512. The first-order valence-corrected chi connectivity index (χ1v) is 11.3. The van der Waals surface area contributed by atoms with E-state index in [2.05, 4.69) is 22.8 Å². The minimum absolute atomic E-state index is 0.0265. The van der Waals surface area contributed by atoms with Crippen molar-refractivity contribution in [2.75, 3.05) is 19.7 Å². The second-order valence-electron chi connectivity index (χ2n) is 8.61. The minimum Gasteiger partial charge on any atom is -0.481 e. The quantitative estimate of drug-likeness (QED) is 0.457. The van der Waals surface area contributed by atoms with Crippen molar-refractivity contribution in [2.24, 2.45) is 11.8 Å². The van der Waals surface area contributed by atoms with E-state index < -0.39 is 35.7 Å². The van der Waals surface area contributed by atoms with Gasteiger partial charge in [-0.3, -0.25) is 9.59 Å². The van der Waals surface area contributed by atoms with Crippen molar-refractivity contribution in [3.63, 3.8) is 0 Å². The van der Waals surface area contributed by atoms with Crippen molar-refractivity contribution in [2.45, 2.75) is 31.1 Å². The largest absolute Gasteiger partial charge is 0.481 e. The van der Waals surface area contributed by atoms with Crippen LogP contribution >= 0.6 is 0 Å². The van der Waals surface area contributed by atoms with E-state index in [1.54, 1.807) is 0 Å². The number of unbranched alkanes of at least 4 members (excludes halogenated alkanes) is 1. The number of carboxylic acid groups (broad SMARTS) is 1. The lowest BCUT2D eigenvalue weighted by molar-refractivity contribution is -0.141. The highest BCUT2D eigenvalue weighted by Crippen LogP contribution is 2.54. The molecule has 180 valence electrons. The number of alkyl halides is 2. The molecule has 0 unspecified atom stereocenters. The van der Waals surface area contributed by atoms with E-state index >= 15 is 0 Å². The number of carbonyl (C=O) groups excluding carboxylic acids is 2. The maximum absolute atomic E-state index is 13.3. The number of hydrogen-bond donors (Lipinski definition) is 3. The molecule has 2 aromatic carbocycles. The van der Waals surface area contributed by atoms with Crippen LogP contribution in [0.4, 0.5) is 13.6 Å². The van der Waals surface area contributed by atoms with Gasteiger partial charge in [0, 0.05) is 25.4 Å². The van der Waals surface area contributed by atoms with E-state index in [-0.39, 0.29) is 25.5 Å². The van der Waals surface area contributed by atoms with Gasteiger partial charge in [0.2, 0.25) is 5.91 Å². The Hall–Kier alpha value is -3.49. The highest BCUT2D eigenvalue weighted by atomic mass is 19.3. The fourth-order valence-electron chi connectivity index (χ4n) is 4.54. The first-order chi connectivity index (χ1) is 16.3. The van der Waals surface area contributed by atoms with E-state index in [1.165, 1.54) is 0 Å². The van der Waals surface area contributed by atoms with E-state index in [0.29, 0.717) is 19.4 Å². The highest BCUT2D eigenvalue weighted by Gasteiger charge is 2.72. The number of carbonyl (C=O) groups is 3. The number of fused-ring (bicyclic) bond motifs is 3. The van der Waals surface area contributed by atoms with Crippen LogP contribution in [0.2, 0.25) is 0 Å². The lowest BCUT2D eigenvalue weighted by Crippen LogP contribution is -2.28. The molecular formula is C25H26F2N2O5. The average molecular weight is 472 g/mol. The number of ether oxygens (including phenoxy) is 1. The third-order valence-electron chi connectivity index (χ3n) is 6.43. The van der Waals surface area contributed by atoms with Crippen molar-refractivity contribution in [1.82, 2.24) is 10.6 Å². The van der Waals surface area contributed by atoms with Crippen LogP contribution in [0.1, 0.15) is 36.3 Å². The summed E-state index contributed by atoms with van der Waals surface area (Å²) in [6.45, 7) is 0.165. The third kappa shape index (κ3) is 4.88. The second-order valence-corrected chi connectivity index (χ2v) is 8.61. The Labute approximate surface area is 195 Å². The standard InChI is InChI=1S/C25H26F2N2O5/c26-25(27)20(22(25)23(31)32)13-29-21(30)11-5-6-12-28-24(33)34-14-19-17-9-3-1-7-15(17)16-8-2-4-10-18(16)19/h1-4,7-10,19-20,22H,5-6,11-14H2,(H,28,33)(H,29,30)(H,31,32)/t20-,22-/m0/s1. The molecule has 0 aromatic heterocycles. The van der Waals surface area contributed by atoms with Crippen molar-refractivity contribution >= 4 is 18.0 Å². The zero-order chi connectivity index (χ0) is 24.3. The van der Waals surface area contributed by atoms with Gasteiger partial charge in [-0.25, -0.2) is 13.6 Å². The molecule has 0 bridgehead atoms. The van der Waals surface area contributed by atoms with Crippen LogP contribution in [-0.2, 0) is 14.3 Å². The summed E-state index contributed by atoms with van der Waals surface area (Å²) >= 11 is 0. The molecule has 34 heavy (non-hydrogen) atoms. The number of amides is 2. The summed E-state index contributed by atoms with van der Waals surface area (Å²) in [4.78, 5) is 34.6. The number of alkyl carbamates (subject to hydrolysis) is 1. The van der Waals surface area contributed by atoms with Crippen LogP contribution in [0, 0.1) is 11.8 Å². The molecule has 0 aliphatic heterocycles. The molecule has 0 saturated heterocycles. The fourth-order valence-corrected chi connectivity index (χ4v) is 4.54. The Morgan fingerprint density at radius 3 is 2.15 bits per heavy atom. The van der Waals surface area contributed by atoms with Gasteiger partial charge in [0.25, 0.3) is 5.92 Å². The van der Waals surface area contributed by atoms with Crippen molar-refractivity contribution in [3.05, 3.63) is 59.7 Å². The molecule has 7 nitrogen and oxygen atoms in total. The smallest absolute Gasteiger partial charge is 0.407 e. The summed E-state index contributed by atoms with van der Waals surface area (Å²) in [7, 11) is 0. The Morgan fingerprint density at radius 2 is 1.56 bits per heavy atom. The summed E-state index contributed by atoms with van der Waals surface area (Å²) < 4.78 is 32.1. The molecule has 0 heterocycles. The molecular weight excluding hydrogens is 446 g/mol. The second kappa shape index (κ2) is 9.79. The number of aliphatic carboxylic acids is 1. The molecule has 1 saturated carbocycles. The molecule has 2 aliphatic carbocycles. The Bertz CT molecular complexity index is 1040. The van der Waals surface area contributed by atoms with Crippen molar-refractivity contribution < 1.29 is 33.0 Å². The molecule has 0 spiro atoms. The van der Waals surface area contributed by atoms with Crippen LogP contribution < -0.4 is 10.6 Å². The molecule has 0 radical (unpaired) electrons. The Morgan fingerprint density at radius 1 is 0.941 bits per heavy atom. The van der Waals surface area contributed by atoms with Crippen LogP contribution in [0.5, 0.6) is 0 Å². The number of halogens is 2. The maximum atomic E-state index is 13.3. The van der Waals surface area contributed by atoms with E-state index in [0.717, 1.165) is 22.3 Å². The number of nitrogens with one attached hydrogen (secondary N) is 2.